The van der Waals surface area contributed by atoms with Crippen molar-refractivity contribution in [2.75, 3.05) is 0 Å². The van der Waals surface area contributed by atoms with E-state index in [1.54, 1.807) is 23.8 Å². The summed E-state index contributed by atoms with van der Waals surface area (Å²) >= 11 is 1.54. The molecule has 1 aromatic heterocycles. The van der Waals surface area contributed by atoms with Gasteiger partial charge in [-0.2, -0.15) is 0 Å². The summed E-state index contributed by atoms with van der Waals surface area (Å²) < 4.78 is 0. The maximum atomic E-state index is 11.3. The van der Waals surface area contributed by atoms with E-state index < -0.39 is 6.10 Å². The maximum absolute atomic E-state index is 11.3. The lowest BCUT2D eigenvalue weighted by molar-refractivity contribution is -0.121. The third-order valence-corrected chi connectivity index (χ3v) is 3.02. The number of hydrogen-bond donors (Lipinski definition) is 2. The summed E-state index contributed by atoms with van der Waals surface area (Å²) in [6.07, 6.45) is 0.462. The Morgan fingerprint density at radius 2 is 2.47 bits per heavy atom. The number of rotatable bonds is 5. The summed E-state index contributed by atoms with van der Waals surface area (Å²) in [4.78, 5) is 16.5. The minimum Gasteiger partial charge on any atom is -0.393 e. The van der Waals surface area contributed by atoms with Crippen molar-refractivity contribution in [2.24, 2.45) is 0 Å². The van der Waals surface area contributed by atoms with E-state index in [0.29, 0.717) is 19.4 Å². The second-order valence-electron chi connectivity index (χ2n) is 3.53. The molecule has 0 saturated carbocycles. The van der Waals surface area contributed by atoms with Crippen molar-refractivity contribution in [1.82, 2.24) is 10.3 Å². The van der Waals surface area contributed by atoms with E-state index in [4.69, 9.17) is 5.11 Å². The quantitative estimate of drug-likeness (QED) is 0.796. The SMILES string of the molecule is Cc1ncsc1CNC(=O)CCC(C)O. The zero-order valence-corrected chi connectivity index (χ0v) is 9.80. The topological polar surface area (TPSA) is 62.2 Å². The minimum atomic E-state index is -0.416. The second kappa shape index (κ2) is 5.82. The number of hydrogen-bond acceptors (Lipinski definition) is 4. The van der Waals surface area contributed by atoms with Gasteiger partial charge in [0.15, 0.2) is 0 Å². The Bertz CT molecular complexity index is 323. The van der Waals surface area contributed by atoms with Crippen LogP contribution in [0.4, 0.5) is 0 Å². The molecule has 0 aliphatic rings. The van der Waals surface area contributed by atoms with E-state index in [9.17, 15) is 4.79 Å². The fourth-order valence-electron chi connectivity index (χ4n) is 1.10. The molecule has 0 bridgehead atoms. The highest BCUT2D eigenvalue weighted by Crippen LogP contribution is 2.11. The van der Waals surface area contributed by atoms with Gasteiger partial charge in [0.05, 0.1) is 23.9 Å². The lowest BCUT2D eigenvalue weighted by Crippen LogP contribution is -2.23. The highest BCUT2D eigenvalue weighted by molar-refractivity contribution is 7.09. The number of aliphatic hydroxyl groups is 1. The molecule has 1 aromatic rings. The van der Waals surface area contributed by atoms with E-state index in [1.165, 1.54) is 0 Å². The third kappa shape index (κ3) is 4.40. The molecule has 84 valence electrons. The summed E-state index contributed by atoms with van der Waals surface area (Å²) in [5.74, 6) is -0.0244. The molecule has 0 spiro atoms. The molecule has 1 unspecified atom stereocenters. The third-order valence-electron chi connectivity index (χ3n) is 2.08. The van der Waals surface area contributed by atoms with Crippen LogP contribution in [0.3, 0.4) is 0 Å². The largest absolute Gasteiger partial charge is 0.393 e. The molecule has 2 N–H and O–H groups in total. The summed E-state index contributed by atoms with van der Waals surface area (Å²) in [6.45, 7) is 4.14. The molecule has 0 aliphatic heterocycles. The van der Waals surface area contributed by atoms with Gasteiger partial charge in [0.1, 0.15) is 0 Å². The minimum absolute atomic E-state index is 0.0244. The number of thiazole rings is 1. The molecule has 1 amide bonds. The van der Waals surface area contributed by atoms with Crippen LogP contribution in [0.25, 0.3) is 0 Å². The van der Waals surface area contributed by atoms with Crippen LogP contribution >= 0.6 is 11.3 Å². The number of aryl methyl sites for hydroxylation is 1. The van der Waals surface area contributed by atoms with Crippen LogP contribution in [-0.4, -0.2) is 22.1 Å². The molecule has 4 nitrogen and oxygen atoms in total. The first-order valence-electron chi connectivity index (χ1n) is 4.93. The Labute approximate surface area is 93.4 Å². The highest BCUT2D eigenvalue weighted by Gasteiger charge is 2.06. The van der Waals surface area contributed by atoms with E-state index in [-0.39, 0.29) is 5.91 Å². The fraction of sp³-hybridized carbons (Fsp3) is 0.600. The fourth-order valence-corrected chi connectivity index (χ4v) is 1.82. The molecular weight excluding hydrogens is 212 g/mol. The van der Waals surface area contributed by atoms with Crippen LogP contribution in [0.5, 0.6) is 0 Å². The molecule has 1 rings (SSSR count). The average molecular weight is 228 g/mol. The Hall–Kier alpha value is -0.940. The molecule has 0 aromatic carbocycles. The van der Waals surface area contributed by atoms with Gasteiger partial charge in [-0.15, -0.1) is 11.3 Å². The molecule has 5 heteroatoms. The van der Waals surface area contributed by atoms with Crippen molar-refractivity contribution in [3.05, 3.63) is 16.1 Å². The Kier molecular flexibility index (Phi) is 4.71. The maximum Gasteiger partial charge on any atom is 0.220 e. The van der Waals surface area contributed by atoms with Gasteiger partial charge < -0.3 is 10.4 Å². The predicted molar refractivity (Wildman–Crippen MR) is 59.6 cm³/mol. The van der Waals surface area contributed by atoms with Crippen LogP contribution in [0.2, 0.25) is 0 Å². The Morgan fingerprint density at radius 1 is 1.73 bits per heavy atom. The van der Waals surface area contributed by atoms with Gasteiger partial charge in [0.2, 0.25) is 5.91 Å². The van der Waals surface area contributed by atoms with Gasteiger partial charge in [-0.1, -0.05) is 0 Å². The Balaban J connectivity index is 2.26. The first-order chi connectivity index (χ1) is 7.09. The van der Waals surface area contributed by atoms with E-state index in [1.807, 2.05) is 6.92 Å². The number of carbonyl (C=O) groups is 1. The summed E-state index contributed by atoms with van der Waals surface area (Å²) in [7, 11) is 0. The van der Waals surface area contributed by atoms with Gasteiger partial charge in [0, 0.05) is 11.3 Å². The van der Waals surface area contributed by atoms with Crippen LogP contribution in [0, 0.1) is 6.92 Å². The number of nitrogens with one attached hydrogen (secondary N) is 1. The van der Waals surface area contributed by atoms with Crippen LogP contribution < -0.4 is 5.32 Å². The number of carbonyl (C=O) groups excluding carboxylic acids is 1. The van der Waals surface area contributed by atoms with E-state index in [0.717, 1.165) is 10.6 Å². The number of aliphatic hydroxyl groups excluding tert-OH is 1. The van der Waals surface area contributed by atoms with Gasteiger partial charge in [-0.25, -0.2) is 4.98 Å². The van der Waals surface area contributed by atoms with Crippen molar-refractivity contribution in [3.63, 3.8) is 0 Å². The van der Waals surface area contributed by atoms with Gasteiger partial charge in [-0.05, 0) is 20.3 Å². The lowest BCUT2D eigenvalue weighted by Gasteiger charge is -2.05. The molecule has 0 aliphatic carbocycles. The van der Waals surface area contributed by atoms with Crippen molar-refractivity contribution in [1.29, 1.82) is 0 Å². The normalized spacial score (nSPS) is 12.5. The highest BCUT2D eigenvalue weighted by atomic mass is 32.1. The van der Waals surface area contributed by atoms with E-state index in [2.05, 4.69) is 10.3 Å². The monoisotopic (exact) mass is 228 g/mol. The lowest BCUT2D eigenvalue weighted by atomic mass is 10.2. The average Bonchev–Trinajstić information content (AvgIpc) is 2.58. The van der Waals surface area contributed by atoms with Crippen LogP contribution in [0.15, 0.2) is 5.51 Å². The summed E-state index contributed by atoms with van der Waals surface area (Å²) in [6, 6.07) is 0. The van der Waals surface area contributed by atoms with Crippen LogP contribution in [0.1, 0.15) is 30.3 Å². The van der Waals surface area contributed by atoms with Crippen LogP contribution in [-0.2, 0) is 11.3 Å². The van der Waals surface area contributed by atoms with Crippen molar-refractivity contribution in [3.8, 4) is 0 Å². The van der Waals surface area contributed by atoms with Crippen molar-refractivity contribution < 1.29 is 9.90 Å². The summed E-state index contributed by atoms with van der Waals surface area (Å²) in [5, 5.41) is 11.8. The zero-order chi connectivity index (χ0) is 11.3. The zero-order valence-electron chi connectivity index (χ0n) is 8.99. The standard InChI is InChI=1S/C10H16N2O2S/c1-7(13)3-4-10(14)11-5-9-8(2)12-6-15-9/h6-7,13H,3-5H2,1-2H3,(H,11,14). The molecular formula is C10H16N2O2S. The first kappa shape index (κ1) is 12.1. The molecule has 15 heavy (non-hydrogen) atoms. The summed E-state index contributed by atoms with van der Waals surface area (Å²) in [5.41, 5.74) is 2.74. The Morgan fingerprint density at radius 3 is 3.00 bits per heavy atom. The predicted octanol–water partition coefficient (Wildman–Crippen LogP) is 1.23. The molecule has 0 saturated heterocycles. The van der Waals surface area contributed by atoms with Gasteiger partial charge in [0.25, 0.3) is 0 Å². The number of aromatic nitrogens is 1. The molecule has 1 atom stereocenters. The molecule has 0 fully saturated rings. The van der Waals surface area contributed by atoms with Gasteiger partial charge >= 0.3 is 0 Å². The van der Waals surface area contributed by atoms with Crippen molar-refractivity contribution in [2.45, 2.75) is 39.3 Å². The van der Waals surface area contributed by atoms with Crippen molar-refractivity contribution >= 4 is 17.2 Å². The smallest absolute Gasteiger partial charge is 0.220 e. The number of nitrogens with zero attached hydrogens (tertiary/aromatic N) is 1. The van der Waals surface area contributed by atoms with E-state index >= 15 is 0 Å². The molecule has 0 radical (unpaired) electrons. The first-order valence-corrected chi connectivity index (χ1v) is 5.81. The number of amides is 1. The second-order valence-corrected chi connectivity index (χ2v) is 4.46. The van der Waals surface area contributed by atoms with Gasteiger partial charge in [-0.3, -0.25) is 4.79 Å². The molecule has 1 heterocycles.